The van der Waals surface area contributed by atoms with Gasteiger partial charge in [0.25, 0.3) is 5.91 Å². The standard InChI is InChI=1S/C23H24FN3O6/c1-27-18-8-7-14(11-21(28)29)33-20(18)12-32-19-9-6-13(10-15(19)22(27)30)25-23(31)26-17-5-3-2-4-16(17)24/h2-6,9-10,14,18,20H,7-8,11-12H2,1H3,(H,28,29)(H2,25,26,31)/t14-,18-,20+/m1/s1. The third-order valence-corrected chi connectivity index (χ3v) is 5.79. The number of benzene rings is 2. The van der Waals surface area contributed by atoms with Crippen LogP contribution < -0.4 is 15.4 Å². The second kappa shape index (κ2) is 9.45. The van der Waals surface area contributed by atoms with Crippen molar-refractivity contribution in [1.82, 2.24) is 4.90 Å². The zero-order valence-electron chi connectivity index (χ0n) is 17.9. The summed E-state index contributed by atoms with van der Waals surface area (Å²) in [6.07, 6.45) is 0.146. The van der Waals surface area contributed by atoms with E-state index in [0.29, 0.717) is 24.3 Å². The first kappa shape index (κ1) is 22.5. The number of carboxylic acid groups (broad SMARTS) is 1. The number of ether oxygens (including phenoxy) is 2. The first-order valence-electron chi connectivity index (χ1n) is 10.6. The Hall–Kier alpha value is -3.66. The van der Waals surface area contributed by atoms with E-state index in [-0.39, 0.29) is 36.2 Å². The molecular formula is C23H24FN3O6. The molecule has 0 spiro atoms. The van der Waals surface area contributed by atoms with Gasteiger partial charge in [0.2, 0.25) is 0 Å². The van der Waals surface area contributed by atoms with Crippen LogP contribution in [-0.4, -0.2) is 59.8 Å². The van der Waals surface area contributed by atoms with Gasteiger partial charge >= 0.3 is 12.0 Å². The largest absolute Gasteiger partial charge is 0.490 e. The summed E-state index contributed by atoms with van der Waals surface area (Å²) in [7, 11) is 1.67. The van der Waals surface area contributed by atoms with E-state index < -0.39 is 30.0 Å². The maximum absolute atomic E-state index is 13.8. The summed E-state index contributed by atoms with van der Waals surface area (Å²) >= 11 is 0. The second-order valence-corrected chi connectivity index (χ2v) is 8.04. The molecule has 0 unspecified atom stereocenters. The minimum Gasteiger partial charge on any atom is -0.490 e. The first-order chi connectivity index (χ1) is 15.8. The quantitative estimate of drug-likeness (QED) is 0.649. The van der Waals surface area contributed by atoms with Crippen molar-refractivity contribution < 1.29 is 33.4 Å². The van der Waals surface area contributed by atoms with E-state index in [1.807, 2.05) is 0 Å². The highest BCUT2D eigenvalue weighted by Gasteiger charge is 2.39. The van der Waals surface area contributed by atoms with Gasteiger partial charge in [0.1, 0.15) is 24.3 Å². The number of nitrogens with zero attached hydrogens (tertiary/aromatic N) is 1. The smallest absolute Gasteiger partial charge is 0.323 e. The van der Waals surface area contributed by atoms with Gasteiger partial charge in [0.05, 0.1) is 29.8 Å². The summed E-state index contributed by atoms with van der Waals surface area (Å²) in [4.78, 5) is 38.1. The monoisotopic (exact) mass is 457 g/mol. The van der Waals surface area contributed by atoms with Gasteiger partial charge in [-0.2, -0.15) is 0 Å². The fourth-order valence-electron chi connectivity index (χ4n) is 4.15. The Kier molecular flexibility index (Phi) is 6.45. The van der Waals surface area contributed by atoms with Crippen molar-refractivity contribution in [2.75, 3.05) is 24.3 Å². The maximum Gasteiger partial charge on any atom is 0.323 e. The molecule has 0 bridgehead atoms. The van der Waals surface area contributed by atoms with Crippen LogP contribution in [0, 0.1) is 5.82 Å². The van der Waals surface area contributed by atoms with Crippen molar-refractivity contribution in [3.63, 3.8) is 0 Å². The predicted molar refractivity (Wildman–Crippen MR) is 117 cm³/mol. The normalized spacial score (nSPS) is 22.2. The fraction of sp³-hybridized carbons (Fsp3) is 0.348. The summed E-state index contributed by atoms with van der Waals surface area (Å²) in [5, 5.41) is 14.1. The van der Waals surface area contributed by atoms with Gasteiger partial charge in [-0.1, -0.05) is 12.1 Å². The topological polar surface area (TPSA) is 117 Å². The van der Waals surface area contributed by atoms with E-state index in [4.69, 9.17) is 14.6 Å². The molecule has 3 atom stereocenters. The molecule has 3 N–H and O–H groups in total. The van der Waals surface area contributed by atoms with Gasteiger partial charge in [0, 0.05) is 12.7 Å². The van der Waals surface area contributed by atoms with E-state index in [1.54, 1.807) is 30.1 Å². The van der Waals surface area contributed by atoms with Crippen LogP contribution >= 0.6 is 0 Å². The number of anilines is 2. The van der Waals surface area contributed by atoms with Gasteiger partial charge in [-0.15, -0.1) is 0 Å². The lowest BCUT2D eigenvalue weighted by Gasteiger charge is -2.42. The lowest BCUT2D eigenvalue weighted by atomic mass is 9.94. The highest BCUT2D eigenvalue weighted by Crippen LogP contribution is 2.32. The van der Waals surface area contributed by atoms with Crippen molar-refractivity contribution in [2.45, 2.75) is 37.5 Å². The van der Waals surface area contributed by atoms with Crippen LogP contribution in [0.25, 0.3) is 0 Å². The molecular weight excluding hydrogens is 433 g/mol. The molecule has 3 amide bonds. The third-order valence-electron chi connectivity index (χ3n) is 5.79. The molecule has 4 rings (SSSR count). The molecule has 33 heavy (non-hydrogen) atoms. The molecule has 10 heteroatoms. The van der Waals surface area contributed by atoms with Crippen LogP contribution in [-0.2, 0) is 9.53 Å². The Morgan fingerprint density at radius 1 is 1.18 bits per heavy atom. The summed E-state index contributed by atoms with van der Waals surface area (Å²) in [6, 6.07) is 9.51. The predicted octanol–water partition coefficient (Wildman–Crippen LogP) is 3.33. The molecule has 0 saturated carbocycles. The van der Waals surface area contributed by atoms with E-state index >= 15 is 0 Å². The molecule has 174 valence electrons. The zero-order chi connectivity index (χ0) is 23.5. The Morgan fingerprint density at radius 2 is 1.97 bits per heavy atom. The Bertz CT molecular complexity index is 1080. The van der Waals surface area contributed by atoms with Crippen LogP contribution in [0.5, 0.6) is 5.75 Å². The summed E-state index contributed by atoms with van der Waals surface area (Å²) < 4.78 is 25.5. The van der Waals surface area contributed by atoms with Crippen molar-refractivity contribution in [1.29, 1.82) is 0 Å². The van der Waals surface area contributed by atoms with Crippen molar-refractivity contribution >= 4 is 29.3 Å². The number of carbonyl (C=O) groups is 3. The van der Waals surface area contributed by atoms with E-state index in [1.165, 1.54) is 24.3 Å². The minimum absolute atomic E-state index is 0.0323. The Labute approximate surface area is 189 Å². The van der Waals surface area contributed by atoms with Crippen LogP contribution in [0.1, 0.15) is 29.6 Å². The summed E-state index contributed by atoms with van der Waals surface area (Å²) in [5.74, 6) is -1.47. The molecule has 2 aliphatic rings. The summed E-state index contributed by atoms with van der Waals surface area (Å²) in [6.45, 7) is 0.159. The van der Waals surface area contributed by atoms with Crippen LogP contribution in [0.15, 0.2) is 42.5 Å². The Morgan fingerprint density at radius 3 is 2.73 bits per heavy atom. The van der Waals surface area contributed by atoms with Crippen molar-refractivity contribution in [3.8, 4) is 5.75 Å². The third kappa shape index (κ3) is 5.06. The number of rotatable bonds is 4. The average Bonchev–Trinajstić information content (AvgIpc) is 2.78. The molecule has 2 aliphatic heterocycles. The highest BCUT2D eigenvalue weighted by molar-refractivity contribution is 6.02. The lowest BCUT2D eigenvalue weighted by molar-refractivity contribution is -0.148. The maximum atomic E-state index is 13.8. The molecule has 1 saturated heterocycles. The van der Waals surface area contributed by atoms with Crippen molar-refractivity contribution in [3.05, 3.63) is 53.8 Å². The van der Waals surface area contributed by atoms with E-state index in [2.05, 4.69) is 10.6 Å². The number of hydrogen-bond donors (Lipinski definition) is 3. The molecule has 1 fully saturated rings. The number of halogens is 1. The molecule has 2 aromatic carbocycles. The van der Waals surface area contributed by atoms with Gasteiger partial charge in [0.15, 0.2) is 0 Å². The van der Waals surface area contributed by atoms with E-state index in [9.17, 15) is 18.8 Å². The SMILES string of the molecule is CN1C(=O)c2cc(NC(=O)Nc3ccccc3F)ccc2OC[C@@H]2O[C@@H](CC(=O)O)CC[C@H]21. The first-order valence-corrected chi connectivity index (χ1v) is 10.6. The number of nitrogens with one attached hydrogen (secondary N) is 2. The number of amides is 3. The number of carbonyl (C=O) groups excluding carboxylic acids is 2. The number of para-hydroxylation sites is 1. The number of likely N-dealkylation sites (N-methyl/N-ethyl adjacent to an activating group) is 1. The Balaban J connectivity index is 1.49. The van der Waals surface area contributed by atoms with Gasteiger partial charge in [-0.3, -0.25) is 9.59 Å². The number of aliphatic carboxylic acids is 1. The molecule has 2 aromatic rings. The lowest BCUT2D eigenvalue weighted by Crippen LogP contribution is -2.53. The number of urea groups is 1. The van der Waals surface area contributed by atoms with Crippen molar-refractivity contribution in [2.24, 2.45) is 0 Å². The number of carboxylic acids is 1. The molecule has 2 heterocycles. The molecule has 0 aromatic heterocycles. The average molecular weight is 457 g/mol. The van der Waals surface area contributed by atoms with Crippen LogP contribution in [0.3, 0.4) is 0 Å². The minimum atomic E-state index is -0.931. The van der Waals surface area contributed by atoms with Crippen LogP contribution in [0.2, 0.25) is 0 Å². The van der Waals surface area contributed by atoms with Gasteiger partial charge < -0.3 is 30.1 Å². The number of hydrogen-bond acceptors (Lipinski definition) is 5. The molecule has 0 aliphatic carbocycles. The highest BCUT2D eigenvalue weighted by atomic mass is 19.1. The summed E-state index contributed by atoms with van der Waals surface area (Å²) in [5.41, 5.74) is 0.642. The molecule has 9 nitrogen and oxygen atoms in total. The van der Waals surface area contributed by atoms with Gasteiger partial charge in [-0.25, -0.2) is 9.18 Å². The van der Waals surface area contributed by atoms with Gasteiger partial charge in [-0.05, 0) is 43.2 Å². The number of fused-ring (bicyclic) bond motifs is 2. The fourth-order valence-corrected chi connectivity index (χ4v) is 4.15. The second-order valence-electron chi connectivity index (χ2n) is 8.04. The van der Waals surface area contributed by atoms with E-state index in [0.717, 1.165) is 0 Å². The molecule has 0 radical (unpaired) electrons. The zero-order valence-corrected chi connectivity index (χ0v) is 17.9. The van der Waals surface area contributed by atoms with Crippen LogP contribution in [0.4, 0.5) is 20.6 Å².